The lowest BCUT2D eigenvalue weighted by atomic mass is 9.88. The number of fused-ring (bicyclic) bond motifs is 1. The highest BCUT2D eigenvalue weighted by Gasteiger charge is 2.23. The maximum absolute atomic E-state index is 13.3. The van der Waals surface area contributed by atoms with E-state index in [4.69, 9.17) is 9.47 Å². The molecule has 0 N–H and O–H groups in total. The SMILES string of the molecule is COc1ccc(C2=C[C@@H](c3ccc(F)cc3)c3ccccc3O2)cc1. The van der Waals surface area contributed by atoms with Gasteiger partial charge in [0.25, 0.3) is 0 Å². The second kappa shape index (κ2) is 6.44. The van der Waals surface area contributed by atoms with Crippen LogP contribution in [0.3, 0.4) is 0 Å². The van der Waals surface area contributed by atoms with Crippen molar-refractivity contribution in [2.24, 2.45) is 0 Å². The molecule has 0 bridgehead atoms. The zero-order chi connectivity index (χ0) is 17.2. The number of para-hydroxylation sites is 1. The molecular weight excluding hydrogens is 315 g/mol. The minimum absolute atomic E-state index is 0.0163. The summed E-state index contributed by atoms with van der Waals surface area (Å²) in [6.07, 6.45) is 2.08. The average molecular weight is 332 g/mol. The van der Waals surface area contributed by atoms with E-state index in [1.807, 2.05) is 60.7 Å². The molecule has 0 saturated carbocycles. The van der Waals surface area contributed by atoms with Gasteiger partial charge in [-0.1, -0.05) is 30.3 Å². The van der Waals surface area contributed by atoms with E-state index in [-0.39, 0.29) is 11.7 Å². The van der Waals surface area contributed by atoms with Gasteiger partial charge < -0.3 is 9.47 Å². The van der Waals surface area contributed by atoms with Gasteiger partial charge in [0.1, 0.15) is 23.1 Å². The van der Waals surface area contributed by atoms with Crippen LogP contribution in [0.4, 0.5) is 4.39 Å². The molecule has 0 radical (unpaired) electrons. The highest BCUT2D eigenvalue weighted by atomic mass is 19.1. The lowest BCUT2D eigenvalue weighted by molar-refractivity contribution is 0.414. The lowest BCUT2D eigenvalue weighted by Gasteiger charge is -2.25. The van der Waals surface area contributed by atoms with Gasteiger partial charge in [0.2, 0.25) is 0 Å². The van der Waals surface area contributed by atoms with Gasteiger partial charge in [0.15, 0.2) is 0 Å². The first kappa shape index (κ1) is 15.5. The predicted molar refractivity (Wildman–Crippen MR) is 96.3 cm³/mol. The molecule has 1 aliphatic rings. The van der Waals surface area contributed by atoms with Gasteiger partial charge >= 0.3 is 0 Å². The first-order valence-electron chi connectivity index (χ1n) is 8.13. The van der Waals surface area contributed by atoms with E-state index in [1.54, 1.807) is 7.11 Å². The first-order chi connectivity index (χ1) is 12.2. The summed E-state index contributed by atoms with van der Waals surface area (Å²) >= 11 is 0. The number of ether oxygens (including phenoxy) is 2. The summed E-state index contributed by atoms with van der Waals surface area (Å²) in [5.74, 6) is 2.20. The highest BCUT2D eigenvalue weighted by molar-refractivity contribution is 5.68. The van der Waals surface area contributed by atoms with Crippen LogP contribution >= 0.6 is 0 Å². The van der Waals surface area contributed by atoms with Crippen LogP contribution in [-0.4, -0.2) is 7.11 Å². The Balaban J connectivity index is 1.79. The van der Waals surface area contributed by atoms with Crippen molar-refractivity contribution < 1.29 is 13.9 Å². The second-order valence-corrected chi connectivity index (χ2v) is 5.93. The first-order valence-corrected chi connectivity index (χ1v) is 8.13. The maximum atomic E-state index is 13.3. The summed E-state index contributed by atoms with van der Waals surface area (Å²) in [5.41, 5.74) is 3.08. The van der Waals surface area contributed by atoms with Gasteiger partial charge in [-0.3, -0.25) is 0 Å². The number of halogens is 1. The van der Waals surface area contributed by atoms with Gasteiger partial charge in [-0.2, -0.15) is 0 Å². The van der Waals surface area contributed by atoms with Crippen LogP contribution in [0.1, 0.15) is 22.6 Å². The Morgan fingerprint density at radius 1 is 0.880 bits per heavy atom. The van der Waals surface area contributed by atoms with E-state index < -0.39 is 0 Å². The van der Waals surface area contributed by atoms with Crippen molar-refractivity contribution in [3.63, 3.8) is 0 Å². The van der Waals surface area contributed by atoms with E-state index >= 15 is 0 Å². The fraction of sp³-hybridized carbons (Fsp3) is 0.0909. The standard InChI is InChI=1S/C22H17FO2/c1-24-18-12-8-16(9-13-18)22-14-20(15-6-10-17(23)11-7-15)19-4-2-3-5-21(19)25-22/h2-14,20H,1H3/t20-/m0/s1. The van der Waals surface area contributed by atoms with Gasteiger partial charge in [0, 0.05) is 17.0 Å². The van der Waals surface area contributed by atoms with Crippen molar-refractivity contribution in [2.75, 3.05) is 7.11 Å². The third-order valence-electron chi connectivity index (χ3n) is 4.40. The zero-order valence-electron chi connectivity index (χ0n) is 13.8. The van der Waals surface area contributed by atoms with Crippen molar-refractivity contribution in [3.05, 3.63) is 101 Å². The number of allylic oxidation sites excluding steroid dienone is 1. The van der Waals surface area contributed by atoms with Crippen LogP contribution < -0.4 is 9.47 Å². The number of benzene rings is 3. The maximum Gasteiger partial charge on any atom is 0.131 e. The molecule has 0 unspecified atom stereocenters. The summed E-state index contributed by atoms with van der Waals surface area (Å²) in [4.78, 5) is 0. The van der Waals surface area contributed by atoms with Gasteiger partial charge in [0.05, 0.1) is 7.11 Å². The number of rotatable bonds is 3. The smallest absolute Gasteiger partial charge is 0.131 e. The summed E-state index contributed by atoms with van der Waals surface area (Å²) in [6.45, 7) is 0. The molecule has 3 aromatic rings. The quantitative estimate of drug-likeness (QED) is 0.639. The molecule has 1 heterocycles. The third kappa shape index (κ3) is 3.01. The Morgan fingerprint density at radius 2 is 1.60 bits per heavy atom. The third-order valence-corrected chi connectivity index (χ3v) is 4.40. The minimum Gasteiger partial charge on any atom is -0.497 e. The largest absolute Gasteiger partial charge is 0.497 e. The van der Waals surface area contributed by atoms with Crippen LogP contribution in [0, 0.1) is 5.82 Å². The van der Waals surface area contributed by atoms with Crippen molar-refractivity contribution in [2.45, 2.75) is 5.92 Å². The Bertz CT molecular complexity index is 912. The minimum atomic E-state index is -0.233. The summed E-state index contributed by atoms with van der Waals surface area (Å²) in [5, 5.41) is 0. The number of hydrogen-bond acceptors (Lipinski definition) is 2. The molecule has 0 amide bonds. The molecule has 0 saturated heterocycles. The molecule has 0 spiro atoms. The molecule has 2 nitrogen and oxygen atoms in total. The van der Waals surface area contributed by atoms with E-state index in [0.717, 1.165) is 33.9 Å². The molecule has 3 heteroatoms. The van der Waals surface area contributed by atoms with Crippen LogP contribution in [-0.2, 0) is 0 Å². The molecule has 0 aliphatic carbocycles. The molecular formula is C22H17FO2. The van der Waals surface area contributed by atoms with Crippen LogP contribution in [0.15, 0.2) is 78.9 Å². The van der Waals surface area contributed by atoms with E-state index in [1.165, 1.54) is 12.1 Å². The number of methoxy groups -OCH3 is 1. The lowest BCUT2D eigenvalue weighted by Crippen LogP contribution is -2.10. The Kier molecular flexibility index (Phi) is 3.98. The summed E-state index contributed by atoms with van der Waals surface area (Å²) < 4.78 is 24.6. The van der Waals surface area contributed by atoms with Crippen LogP contribution in [0.25, 0.3) is 5.76 Å². The summed E-state index contributed by atoms with van der Waals surface area (Å²) in [7, 11) is 1.65. The average Bonchev–Trinajstić information content (AvgIpc) is 2.68. The van der Waals surface area contributed by atoms with Crippen molar-refractivity contribution in [1.29, 1.82) is 0 Å². The molecule has 0 fully saturated rings. The molecule has 1 aliphatic heterocycles. The molecule has 4 rings (SSSR count). The molecule has 25 heavy (non-hydrogen) atoms. The summed E-state index contributed by atoms with van der Waals surface area (Å²) in [6, 6.07) is 22.4. The van der Waals surface area contributed by atoms with E-state index in [2.05, 4.69) is 6.08 Å². The highest BCUT2D eigenvalue weighted by Crippen LogP contribution is 2.40. The monoisotopic (exact) mass is 332 g/mol. The van der Waals surface area contributed by atoms with Crippen LogP contribution in [0.2, 0.25) is 0 Å². The molecule has 3 aromatic carbocycles. The Labute approximate surface area is 146 Å². The van der Waals surface area contributed by atoms with Crippen molar-refractivity contribution >= 4 is 5.76 Å². The van der Waals surface area contributed by atoms with Crippen molar-refractivity contribution in [3.8, 4) is 11.5 Å². The zero-order valence-corrected chi connectivity index (χ0v) is 13.8. The van der Waals surface area contributed by atoms with E-state index in [0.29, 0.717) is 0 Å². The Morgan fingerprint density at radius 3 is 2.32 bits per heavy atom. The second-order valence-electron chi connectivity index (χ2n) is 5.93. The van der Waals surface area contributed by atoms with Crippen LogP contribution in [0.5, 0.6) is 11.5 Å². The predicted octanol–water partition coefficient (Wildman–Crippen LogP) is 5.40. The normalized spacial score (nSPS) is 15.8. The molecule has 1 atom stereocenters. The van der Waals surface area contributed by atoms with Gasteiger partial charge in [-0.05, 0) is 54.1 Å². The van der Waals surface area contributed by atoms with Crippen molar-refractivity contribution in [1.82, 2.24) is 0 Å². The fourth-order valence-corrected chi connectivity index (χ4v) is 3.08. The fourth-order valence-electron chi connectivity index (χ4n) is 3.08. The topological polar surface area (TPSA) is 18.5 Å². The molecule has 124 valence electrons. The van der Waals surface area contributed by atoms with Gasteiger partial charge in [-0.15, -0.1) is 0 Å². The Hall–Kier alpha value is -3.07. The van der Waals surface area contributed by atoms with E-state index in [9.17, 15) is 4.39 Å². The molecule has 0 aromatic heterocycles. The van der Waals surface area contributed by atoms with Gasteiger partial charge in [-0.25, -0.2) is 4.39 Å². The number of hydrogen-bond donors (Lipinski definition) is 0.